The van der Waals surface area contributed by atoms with Crippen LogP contribution in [0.5, 0.6) is 0 Å². The quantitative estimate of drug-likeness (QED) is 0.525. The summed E-state index contributed by atoms with van der Waals surface area (Å²) in [6.45, 7) is 2.57. The van der Waals surface area contributed by atoms with Gasteiger partial charge in [-0.3, -0.25) is 4.90 Å². The van der Waals surface area contributed by atoms with Crippen LogP contribution < -0.4 is 5.73 Å². The first-order valence-corrected chi connectivity index (χ1v) is 9.82. The molecule has 29 heavy (non-hydrogen) atoms. The van der Waals surface area contributed by atoms with Gasteiger partial charge >= 0.3 is 0 Å². The highest BCUT2D eigenvalue weighted by Crippen LogP contribution is 2.25. The van der Waals surface area contributed by atoms with Crippen molar-refractivity contribution in [1.29, 1.82) is 0 Å². The van der Waals surface area contributed by atoms with Gasteiger partial charge in [0.15, 0.2) is 5.82 Å². The maximum absolute atomic E-state index is 6.06. The van der Waals surface area contributed by atoms with Crippen molar-refractivity contribution in [2.75, 3.05) is 12.3 Å². The number of fused-ring (bicyclic) bond motifs is 1. The topological polar surface area (TPSA) is 68.2 Å². The van der Waals surface area contributed by atoms with E-state index in [-0.39, 0.29) is 0 Å². The van der Waals surface area contributed by atoms with E-state index in [1.165, 1.54) is 5.56 Å². The Hall–Kier alpha value is -3.44. The Morgan fingerprint density at radius 1 is 0.931 bits per heavy atom. The van der Waals surface area contributed by atoms with Gasteiger partial charge in [-0.25, -0.2) is 9.97 Å². The summed E-state index contributed by atoms with van der Waals surface area (Å²) in [4.78, 5) is 11.7. The van der Waals surface area contributed by atoms with Gasteiger partial charge in [0.25, 0.3) is 0 Å². The minimum absolute atomic E-state index is 0.746. The van der Waals surface area contributed by atoms with Gasteiger partial charge in [0.05, 0.1) is 12.2 Å². The molecule has 0 saturated heterocycles. The maximum atomic E-state index is 6.06. The van der Waals surface area contributed by atoms with E-state index in [0.29, 0.717) is 0 Å². The first-order chi connectivity index (χ1) is 14.2. The van der Waals surface area contributed by atoms with Crippen molar-refractivity contribution in [3.63, 3.8) is 0 Å². The molecular formula is C24H22N4O. The van der Waals surface area contributed by atoms with E-state index in [0.717, 1.165) is 65.9 Å². The molecule has 0 atom stereocenters. The van der Waals surface area contributed by atoms with Crippen LogP contribution in [0.3, 0.4) is 0 Å². The van der Waals surface area contributed by atoms with Crippen molar-refractivity contribution < 1.29 is 4.42 Å². The molecule has 0 saturated carbocycles. The summed E-state index contributed by atoms with van der Waals surface area (Å²) in [5, 5.41) is 0. The number of hydrogen-bond acceptors (Lipinski definition) is 5. The molecule has 1 aliphatic heterocycles. The van der Waals surface area contributed by atoms with Crippen molar-refractivity contribution in [3.05, 3.63) is 89.9 Å². The van der Waals surface area contributed by atoms with Crippen LogP contribution in [0, 0.1) is 0 Å². The molecule has 1 aliphatic rings. The number of nitrogens with two attached hydrogens (primary N) is 1. The molecule has 2 aromatic heterocycles. The Morgan fingerprint density at radius 3 is 2.59 bits per heavy atom. The SMILES string of the molecule is Nc1ccc(-c2ncc3c(n2)CCN(Cc2ccc(-c4ccccc4)o2)C3)cc1. The Labute approximate surface area is 169 Å². The lowest BCUT2D eigenvalue weighted by molar-refractivity contribution is 0.224. The standard InChI is InChI=1S/C24H22N4O/c25-20-8-6-18(7-9-20)24-26-14-19-15-28(13-12-22(19)27-24)16-21-10-11-23(29-21)17-4-2-1-3-5-17/h1-11,14H,12-13,15-16,25H2. The molecule has 0 spiro atoms. The largest absolute Gasteiger partial charge is 0.460 e. The van der Waals surface area contributed by atoms with E-state index in [2.05, 4.69) is 28.1 Å². The van der Waals surface area contributed by atoms with E-state index in [4.69, 9.17) is 15.1 Å². The number of hydrogen-bond donors (Lipinski definition) is 1. The second kappa shape index (κ2) is 7.53. The lowest BCUT2D eigenvalue weighted by Crippen LogP contribution is -2.30. The molecule has 0 amide bonds. The van der Waals surface area contributed by atoms with E-state index in [9.17, 15) is 0 Å². The first kappa shape index (κ1) is 17.6. The molecule has 0 radical (unpaired) electrons. The van der Waals surface area contributed by atoms with Crippen LogP contribution >= 0.6 is 0 Å². The number of nitrogen functional groups attached to an aromatic ring is 1. The van der Waals surface area contributed by atoms with Gasteiger partial charge < -0.3 is 10.2 Å². The predicted octanol–water partition coefficient (Wildman–Crippen LogP) is 4.54. The highest BCUT2D eigenvalue weighted by atomic mass is 16.3. The van der Waals surface area contributed by atoms with E-state index < -0.39 is 0 Å². The summed E-state index contributed by atoms with van der Waals surface area (Å²) >= 11 is 0. The number of aromatic nitrogens is 2. The lowest BCUT2D eigenvalue weighted by atomic mass is 10.1. The highest BCUT2D eigenvalue weighted by molar-refractivity contribution is 5.59. The van der Waals surface area contributed by atoms with Crippen LogP contribution in [0.2, 0.25) is 0 Å². The van der Waals surface area contributed by atoms with E-state index in [1.807, 2.05) is 54.7 Å². The number of nitrogens with zero attached hydrogens (tertiary/aromatic N) is 3. The lowest BCUT2D eigenvalue weighted by Gasteiger charge is -2.27. The smallest absolute Gasteiger partial charge is 0.159 e. The molecule has 0 fully saturated rings. The molecule has 0 unspecified atom stereocenters. The number of furan rings is 1. The van der Waals surface area contributed by atoms with Gasteiger partial charge in [-0.1, -0.05) is 30.3 Å². The Morgan fingerprint density at radius 2 is 1.76 bits per heavy atom. The van der Waals surface area contributed by atoms with Crippen LogP contribution in [-0.4, -0.2) is 21.4 Å². The summed E-state index contributed by atoms with van der Waals surface area (Å²) < 4.78 is 6.06. The molecule has 5 nitrogen and oxygen atoms in total. The number of benzene rings is 2. The normalized spacial score (nSPS) is 13.9. The molecule has 5 heteroatoms. The van der Waals surface area contributed by atoms with Crippen molar-refractivity contribution in [3.8, 4) is 22.7 Å². The maximum Gasteiger partial charge on any atom is 0.159 e. The van der Waals surface area contributed by atoms with Gasteiger partial charge in [-0.05, 0) is 36.4 Å². The fourth-order valence-electron chi connectivity index (χ4n) is 3.72. The predicted molar refractivity (Wildman–Crippen MR) is 114 cm³/mol. The van der Waals surface area contributed by atoms with Crippen LogP contribution in [-0.2, 0) is 19.5 Å². The third-order valence-corrected chi connectivity index (χ3v) is 5.28. The van der Waals surface area contributed by atoms with Crippen LogP contribution in [0.15, 0.2) is 77.3 Å². The van der Waals surface area contributed by atoms with Gasteiger partial charge in [0.2, 0.25) is 0 Å². The second-order valence-corrected chi connectivity index (χ2v) is 7.38. The highest BCUT2D eigenvalue weighted by Gasteiger charge is 2.20. The monoisotopic (exact) mass is 382 g/mol. The zero-order chi connectivity index (χ0) is 19.6. The Balaban J connectivity index is 1.29. The third-order valence-electron chi connectivity index (χ3n) is 5.28. The fourth-order valence-corrected chi connectivity index (χ4v) is 3.72. The summed E-state index contributed by atoms with van der Waals surface area (Å²) in [6.07, 6.45) is 2.86. The second-order valence-electron chi connectivity index (χ2n) is 7.38. The number of anilines is 1. The zero-order valence-corrected chi connectivity index (χ0v) is 16.1. The molecule has 4 aromatic rings. The summed E-state index contributed by atoms with van der Waals surface area (Å²) in [5.41, 5.74) is 10.9. The molecular weight excluding hydrogens is 360 g/mol. The average molecular weight is 382 g/mol. The third kappa shape index (κ3) is 3.77. The van der Waals surface area contributed by atoms with Gasteiger partial charge in [0, 0.05) is 48.1 Å². The molecule has 3 heterocycles. The molecule has 0 aliphatic carbocycles. The summed E-state index contributed by atoms with van der Waals surface area (Å²) in [7, 11) is 0. The Kier molecular flexibility index (Phi) is 4.58. The van der Waals surface area contributed by atoms with E-state index in [1.54, 1.807) is 0 Å². The molecule has 2 N–H and O–H groups in total. The average Bonchev–Trinajstić information content (AvgIpc) is 3.23. The van der Waals surface area contributed by atoms with Crippen molar-refractivity contribution in [2.24, 2.45) is 0 Å². The first-order valence-electron chi connectivity index (χ1n) is 9.82. The molecule has 144 valence electrons. The Bertz CT molecular complexity index is 1120. The van der Waals surface area contributed by atoms with Crippen LogP contribution in [0.1, 0.15) is 17.0 Å². The van der Waals surface area contributed by atoms with Crippen LogP contribution in [0.4, 0.5) is 5.69 Å². The van der Waals surface area contributed by atoms with Crippen molar-refractivity contribution >= 4 is 5.69 Å². The van der Waals surface area contributed by atoms with Gasteiger partial charge in [-0.15, -0.1) is 0 Å². The summed E-state index contributed by atoms with van der Waals surface area (Å²) in [6, 6.07) is 22.0. The van der Waals surface area contributed by atoms with E-state index >= 15 is 0 Å². The molecule has 2 aromatic carbocycles. The fraction of sp³-hybridized carbons (Fsp3) is 0.167. The van der Waals surface area contributed by atoms with Crippen molar-refractivity contribution in [2.45, 2.75) is 19.5 Å². The van der Waals surface area contributed by atoms with Gasteiger partial charge in [-0.2, -0.15) is 0 Å². The molecule has 5 rings (SSSR count). The van der Waals surface area contributed by atoms with Gasteiger partial charge in [0.1, 0.15) is 11.5 Å². The minimum atomic E-state index is 0.746. The number of rotatable bonds is 4. The van der Waals surface area contributed by atoms with Crippen LogP contribution in [0.25, 0.3) is 22.7 Å². The summed E-state index contributed by atoms with van der Waals surface area (Å²) in [5.74, 6) is 2.65. The molecule has 0 bridgehead atoms. The van der Waals surface area contributed by atoms with Crippen molar-refractivity contribution in [1.82, 2.24) is 14.9 Å². The zero-order valence-electron chi connectivity index (χ0n) is 16.1. The minimum Gasteiger partial charge on any atom is -0.460 e.